The number of carbonyl (C=O) groups excluding carboxylic acids is 1. The fourth-order valence-corrected chi connectivity index (χ4v) is 2.92. The van der Waals surface area contributed by atoms with Crippen molar-refractivity contribution < 1.29 is 22.5 Å². The van der Waals surface area contributed by atoms with E-state index in [4.69, 9.17) is 9.29 Å². The molecule has 0 atom stereocenters. The average molecular weight is 371 g/mol. The first-order valence-electron chi connectivity index (χ1n) is 8.25. The van der Waals surface area contributed by atoms with Gasteiger partial charge in [-0.3, -0.25) is 4.55 Å². The van der Waals surface area contributed by atoms with Crippen LogP contribution in [0, 0.1) is 0 Å². The molecule has 0 saturated heterocycles. The molecular weight excluding hydrogens is 342 g/mol. The third-order valence-electron chi connectivity index (χ3n) is 3.53. The van der Waals surface area contributed by atoms with Crippen molar-refractivity contribution in [3.05, 3.63) is 42.5 Å². The van der Waals surface area contributed by atoms with Gasteiger partial charge in [0.2, 0.25) is 0 Å². The molecule has 0 bridgehead atoms. The van der Waals surface area contributed by atoms with Crippen molar-refractivity contribution in [3.8, 4) is 0 Å². The van der Waals surface area contributed by atoms with Crippen LogP contribution in [0.3, 0.4) is 0 Å². The van der Waals surface area contributed by atoms with Crippen LogP contribution in [-0.2, 0) is 19.6 Å². The van der Waals surface area contributed by atoms with Gasteiger partial charge in [-0.05, 0) is 30.6 Å². The highest BCUT2D eigenvalue weighted by atomic mass is 32.2. The minimum Gasteiger partial charge on any atom is -0.461 e. The van der Waals surface area contributed by atoms with Crippen LogP contribution in [0.4, 0.5) is 0 Å². The number of nitrogens with zero attached hydrogens (tertiary/aromatic N) is 1. The van der Waals surface area contributed by atoms with Gasteiger partial charge in [0.25, 0.3) is 10.1 Å². The molecule has 1 N–H and O–H groups in total. The molecule has 0 amide bonds. The van der Waals surface area contributed by atoms with Crippen LogP contribution in [-0.4, -0.2) is 50.1 Å². The molecule has 1 aromatic carbocycles. The summed E-state index contributed by atoms with van der Waals surface area (Å²) < 4.78 is 35.5. The van der Waals surface area contributed by atoms with Gasteiger partial charge in [0.05, 0.1) is 4.90 Å². The highest BCUT2D eigenvalue weighted by Crippen LogP contribution is 2.22. The quantitative estimate of drug-likeness (QED) is 0.429. The Balaban J connectivity index is 0.000000463. The van der Waals surface area contributed by atoms with E-state index in [2.05, 4.69) is 25.3 Å². The number of carbonyl (C=O) groups is 1. The zero-order valence-corrected chi connectivity index (χ0v) is 16.3. The molecular formula is C18H29NO5S. The van der Waals surface area contributed by atoms with Crippen molar-refractivity contribution >= 4 is 16.1 Å². The fourth-order valence-electron chi connectivity index (χ4n) is 2.07. The second-order valence-electron chi connectivity index (χ2n) is 5.57. The van der Waals surface area contributed by atoms with Crippen molar-refractivity contribution in [3.63, 3.8) is 0 Å². The van der Waals surface area contributed by atoms with Crippen molar-refractivity contribution in [2.75, 3.05) is 26.2 Å². The summed E-state index contributed by atoms with van der Waals surface area (Å²) in [7, 11) is -4.08. The number of hydrogen-bond acceptors (Lipinski definition) is 5. The fraction of sp³-hybridized carbons (Fsp3) is 0.500. The number of ether oxygens (including phenoxy) is 1. The minimum atomic E-state index is -4.08. The number of esters is 1. The summed E-state index contributed by atoms with van der Waals surface area (Å²) in [5.41, 5.74) is 0.644. The smallest absolute Gasteiger partial charge is 0.330 e. The second-order valence-corrected chi connectivity index (χ2v) is 6.96. The zero-order valence-electron chi connectivity index (χ0n) is 15.4. The largest absolute Gasteiger partial charge is 0.461 e. The molecule has 0 aliphatic carbocycles. The standard InChI is InChI=1S/C9H17NO2.C9H12O3S/c1-4-9(11)12-8-7-10(5-2)6-3;1-7(2)8-5-3-4-6-9(8)13(10,11)12/h4H,1,5-8H2,2-3H3;3-7H,1-2H3,(H,10,11,12). The maximum absolute atomic E-state index is 10.9. The second kappa shape index (κ2) is 11.8. The minimum absolute atomic E-state index is 0.00463. The average Bonchev–Trinajstić information content (AvgIpc) is 2.58. The lowest BCUT2D eigenvalue weighted by Crippen LogP contribution is -2.27. The van der Waals surface area contributed by atoms with Crippen molar-refractivity contribution in [1.82, 2.24) is 4.90 Å². The van der Waals surface area contributed by atoms with Crippen LogP contribution >= 0.6 is 0 Å². The molecule has 0 spiro atoms. The molecule has 0 aromatic heterocycles. The highest BCUT2D eigenvalue weighted by molar-refractivity contribution is 7.85. The van der Waals surface area contributed by atoms with Gasteiger partial charge in [-0.15, -0.1) is 0 Å². The van der Waals surface area contributed by atoms with E-state index in [9.17, 15) is 13.2 Å². The van der Waals surface area contributed by atoms with E-state index in [-0.39, 0.29) is 16.8 Å². The van der Waals surface area contributed by atoms with Crippen molar-refractivity contribution in [2.45, 2.75) is 38.5 Å². The molecule has 0 aliphatic heterocycles. The van der Waals surface area contributed by atoms with E-state index in [0.717, 1.165) is 19.6 Å². The van der Waals surface area contributed by atoms with Gasteiger partial charge >= 0.3 is 5.97 Å². The van der Waals surface area contributed by atoms with Gasteiger partial charge in [-0.2, -0.15) is 8.42 Å². The normalized spacial score (nSPS) is 11.0. The van der Waals surface area contributed by atoms with E-state index in [1.165, 1.54) is 12.1 Å². The summed E-state index contributed by atoms with van der Waals surface area (Å²) in [6.45, 7) is 14.5. The maximum atomic E-state index is 10.9. The molecule has 1 rings (SSSR count). The summed E-state index contributed by atoms with van der Waals surface area (Å²) in [6, 6.07) is 6.46. The first-order valence-corrected chi connectivity index (χ1v) is 9.69. The third kappa shape index (κ3) is 9.38. The summed E-state index contributed by atoms with van der Waals surface area (Å²) in [5, 5.41) is 0. The molecule has 0 radical (unpaired) electrons. The Morgan fingerprint density at radius 2 is 1.84 bits per heavy atom. The van der Waals surface area contributed by atoms with Crippen LogP contribution < -0.4 is 0 Å². The van der Waals surface area contributed by atoms with Gasteiger partial charge in [-0.1, -0.05) is 52.5 Å². The van der Waals surface area contributed by atoms with E-state index in [1.807, 2.05) is 13.8 Å². The van der Waals surface area contributed by atoms with Crippen molar-refractivity contribution in [1.29, 1.82) is 0 Å². The summed E-state index contributed by atoms with van der Waals surface area (Å²) in [5.74, 6) is -0.264. The predicted molar refractivity (Wildman–Crippen MR) is 99.3 cm³/mol. The van der Waals surface area contributed by atoms with Gasteiger partial charge in [-0.25, -0.2) is 4.79 Å². The number of likely N-dealkylation sites (N-methyl/N-ethyl adjacent to an activating group) is 1. The van der Waals surface area contributed by atoms with E-state index >= 15 is 0 Å². The SMILES string of the molecule is C=CC(=O)OCCN(CC)CC.CC(C)c1ccccc1S(=O)(=O)O. The van der Waals surface area contributed by atoms with Gasteiger partial charge in [0.15, 0.2) is 0 Å². The van der Waals surface area contributed by atoms with Crippen LogP contribution in [0.5, 0.6) is 0 Å². The number of hydrogen-bond donors (Lipinski definition) is 1. The molecule has 6 nitrogen and oxygen atoms in total. The van der Waals surface area contributed by atoms with Gasteiger partial charge in [0.1, 0.15) is 6.61 Å². The first-order chi connectivity index (χ1) is 11.7. The Kier molecular flexibility index (Phi) is 11.0. The highest BCUT2D eigenvalue weighted by Gasteiger charge is 2.15. The molecule has 0 fully saturated rings. The maximum Gasteiger partial charge on any atom is 0.330 e. The first kappa shape index (κ1) is 23.3. The lowest BCUT2D eigenvalue weighted by atomic mass is 10.0. The topological polar surface area (TPSA) is 83.9 Å². The van der Waals surface area contributed by atoms with E-state index in [1.54, 1.807) is 18.2 Å². The zero-order chi connectivity index (χ0) is 19.5. The molecule has 0 saturated carbocycles. The third-order valence-corrected chi connectivity index (χ3v) is 4.46. The number of rotatable bonds is 8. The molecule has 7 heteroatoms. The van der Waals surface area contributed by atoms with Gasteiger partial charge < -0.3 is 9.64 Å². The molecule has 0 heterocycles. The molecule has 1 aromatic rings. The van der Waals surface area contributed by atoms with Crippen LogP contribution in [0.1, 0.15) is 39.2 Å². The Labute approximate surface area is 151 Å². The molecule has 142 valence electrons. The molecule has 0 aliphatic rings. The Bertz CT molecular complexity index is 637. The molecule has 25 heavy (non-hydrogen) atoms. The predicted octanol–water partition coefficient (Wildman–Crippen LogP) is 3.11. The lowest BCUT2D eigenvalue weighted by molar-refractivity contribution is -0.138. The van der Waals surface area contributed by atoms with Crippen LogP contribution in [0.15, 0.2) is 41.8 Å². The lowest BCUT2D eigenvalue weighted by Gasteiger charge is -2.16. The van der Waals surface area contributed by atoms with E-state index < -0.39 is 10.1 Å². The summed E-state index contributed by atoms with van der Waals surface area (Å²) in [6.07, 6.45) is 1.18. The van der Waals surface area contributed by atoms with Gasteiger partial charge in [0, 0.05) is 12.6 Å². The van der Waals surface area contributed by atoms with E-state index in [0.29, 0.717) is 12.2 Å². The van der Waals surface area contributed by atoms with Crippen molar-refractivity contribution in [2.24, 2.45) is 0 Å². The summed E-state index contributed by atoms with van der Waals surface area (Å²) in [4.78, 5) is 12.8. The Morgan fingerprint density at radius 1 is 1.28 bits per heavy atom. The number of benzene rings is 1. The Hall–Kier alpha value is -1.70. The Morgan fingerprint density at radius 3 is 2.24 bits per heavy atom. The van der Waals surface area contributed by atoms with Crippen LogP contribution in [0.25, 0.3) is 0 Å². The summed E-state index contributed by atoms with van der Waals surface area (Å²) >= 11 is 0. The monoisotopic (exact) mass is 371 g/mol. The van der Waals surface area contributed by atoms with Crippen LogP contribution in [0.2, 0.25) is 0 Å². The molecule has 0 unspecified atom stereocenters.